The Morgan fingerprint density at radius 3 is 2.44 bits per heavy atom. The molecule has 242 valence electrons. The van der Waals surface area contributed by atoms with Crippen LogP contribution in [0.1, 0.15) is 58.9 Å². The van der Waals surface area contributed by atoms with Gasteiger partial charge in [0.1, 0.15) is 23.7 Å². The number of ketones is 1. The first kappa shape index (κ1) is 33.3. The summed E-state index contributed by atoms with van der Waals surface area (Å²) in [5, 5.41) is 9.58. The molecule has 0 radical (unpaired) electrons. The zero-order valence-corrected chi connectivity index (χ0v) is 26.0. The third-order valence-electron chi connectivity index (χ3n) is 8.32. The van der Waals surface area contributed by atoms with E-state index in [1.54, 1.807) is 38.1 Å². The van der Waals surface area contributed by atoms with E-state index in [1.807, 2.05) is 0 Å². The Labute approximate surface area is 259 Å². The van der Waals surface area contributed by atoms with Gasteiger partial charge in [-0.2, -0.15) is 5.06 Å². The van der Waals surface area contributed by atoms with Gasteiger partial charge in [-0.05, 0) is 50.3 Å². The fourth-order valence-corrected chi connectivity index (χ4v) is 5.68. The summed E-state index contributed by atoms with van der Waals surface area (Å²) in [6.45, 7) is 6.66. The van der Waals surface area contributed by atoms with E-state index in [1.165, 1.54) is 31.9 Å². The zero-order chi connectivity index (χ0) is 33.1. The number of benzene rings is 1. The Morgan fingerprint density at radius 2 is 1.76 bits per heavy atom. The van der Waals surface area contributed by atoms with Crippen molar-refractivity contribution >= 4 is 46.3 Å². The summed E-state index contributed by atoms with van der Waals surface area (Å²) in [4.78, 5) is 96.2. The molecule has 3 heterocycles. The first-order chi connectivity index (χ1) is 21.3. The van der Waals surface area contributed by atoms with E-state index in [0.717, 1.165) is 10.4 Å². The second-order valence-corrected chi connectivity index (χ2v) is 11.8. The molecule has 4 rings (SSSR count). The monoisotopic (exact) mass is 625 g/mol. The molecule has 0 bridgehead atoms. The summed E-state index contributed by atoms with van der Waals surface area (Å²) in [7, 11) is 1.18. The highest BCUT2D eigenvalue weighted by atomic mass is 16.7. The molecule has 14 nitrogen and oxygen atoms in total. The van der Waals surface area contributed by atoms with Crippen molar-refractivity contribution in [1.29, 1.82) is 0 Å². The van der Waals surface area contributed by atoms with E-state index in [0.29, 0.717) is 24.0 Å². The number of likely N-dealkylation sites (tertiary alicyclic amines) is 1. The molecule has 2 saturated heterocycles. The molecule has 0 saturated carbocycles. The quantitative estimate of drug-likeness (QED) is 0.251. The van der Waals surface area contributed by atoms with Crippen LogP contribution in [0.2, 0.25) is 0 Å². The lowest BCUT2D eigenvalue weighted by Crippen LogP contribution is -2.67. The van der Waals surface area contributed by atoms with Gasteiger partial charge in [-0.15, -0.1) is 0 Å². The maximum absolute atomic E-state index is 13.4. The van der Waals surface area contributed by atoms with Crippen LogP contribution >= 0.6 is 0 Å². The van der Waals surface area contributed by atoms with Gasteiger partial charge in [0.05, 0.1) is 7.11 Å². The van der Waals surface area contributed by atoms with Crippen LogP contribution < -0.4 is 21.6 Å². The Hall–Kier alpha value is -4.59. The molecule has 0 unspecified atom stereocenters. The van der Waals surface area contributed by atoms with Crippen molar-refractivity contribution in [1.82, 2.24) is 25.9 Å². The van der Waals surface area contributed by atoms with Gasteiger partial charge in [0.25, 0.3) is 5.91 Å². The molecule has 0 spiro atoms. The Kier molecular flexibility index (Phi) is 10.1. The normalized spacial score (nSPS) is 21.5. The third-order valence-corrected chi connectivity index (χ3v) is 8.32. The summed E-state index contributed by atoms with van der Waals surface area (Å²) in [5.74, 6) is -3.68. The minimum Gasteiger partial charge on any atom is -0.423 e. The number of Topliss-reactive ketones (excluding diaryl/α,β-unsaturated/α-hetero) is 1. The lowest BCUT2D eigenvalue weighted by atomic mass is 9.87. The van der Waals surface area contributed by atoms with Crippen molar-refractivity contribution in [2.45, 2.75) is 83.6 Å². The highest BCUT2D eigenvalue weighted by Gasteiger charge is 2.53. The minimum atomic E-state index is -1.95. The zero-order valence-electron chi connectivity index (χ0n) is 26.0. The molecule has 1 aromatic carbocycles. The summed E-state index contributed by atoms with van der Waals surface area (Å²) < 4.78 is 5.21. The molecule has 2 fully saturated rings. The van der Waals surface area contributed by atoms with Gasteiger partial charge in [-0.3, -0.25) is 33.6 Å². The number of hydrogen-bond acceptors (Lipinski definition) is 9. The molecule has 1 aromatic heterocycles. The first-order valence-electron chi connectivity index (χ1n) is 14.9. The number of piperidine rings is 1. The molecule has 2 aromatic rings. The number of rotatable bonds is 10. The first-order valence-corrected chi connectivity index (χ1v) is 14.9. The second kappa shape index (κ2) is 13.6. The number of amides is 5. The summed E-state index contributed by atoms with van der Waals surface area (Å²) in [6.07, 6.45) is 0.662. The average molecular weight is 626 g/mol. The Bertz CT molecular complexity index is 1570. The van der Waals surface area contributed by atoms with Crippen LogP contribution in [0.25, 0.3) is 11.0 Å². The molecular weight excluding hydrogens is 586 g/mol. The molecule has 4 atom stereocenters. The molecule has 5 amide bonds. The molecule has 14 heteroatoms. The third kappa shape index (κ3) is 6.90. The average Bonchev–Trinajstić information content (AvgIpc) is 3.50. The Balaban J connectivity index is 1.39. The van der Waals surface area contributed by atoms with Crippen LogP contribution in [0.4, 0.5) is 0 Å². The van der Waals surface area contributed by atoms with Crippen LogP contribution in [0.5, 0.6) is 0 Å². The van der Waals surface area contributed by atoms with Crippen LogP contribution in [0.3, 0.4) is 0 Å². The van der Waals surface area contributed by atoms with Gasteiger partial charge in [0.2, 0.25) is 29.2 Å². The van der Waals surface area contributed by atoms with Crippen LogP contribution in [-0.4, -0.2) is 82.6 Å². The van der Waals surface area contributed by atoms with Crippen LogP contribution in [0, 0.1) is 5.92 Å². The van der Waals surface area contributed by atoms with Crippen molar-refractivity contribution < 1.29 is 38.0 Å². The number of hydrogen-bond donors (Lipinski definition) is 3. The number of nitrogens with zero attached hydrogens (tertiary/aromatic N) is 2. The maximum atomic E-state index is 13.4. The molecule has 2 aliphatic heterocycles. The summed E-state index contributed by atoms with van der Waals surface area (Å²) >= 11 is 0. The van der Waals surface area contributed by atoms with Crippen molar-refractivity contribution in [2.75, 3.05) is 13.7 Å². The summed E-state index contributed by atoms with van der Waals surface area (Å²) in [5.41, 5.74) is -1.34. The smallest absolute Gasteiger partial charge is 0.336 e. The van der Waals surface area contributed by atoms with E-state index in [-0.39, 0.29) is 31.8 Å². The van der Waals surface area contributed by atoms with E-state index in [2.05, 4.69) is 16.0 Å². The predicted octanol–water partition coefficient (Wildman–Crippen LogP) is 0.557. The lowest BCUT2D eigenvalue weighted by molar-refractivity contribution is -0.213. The van der Waals surface area contributed by atoms with Crippen molar-refractivity contribution in [3.63, 3.8) is 0 Å². The molecule has 0 aliphatic carbocycles. The van der Waals surface area contributed by atoms with Gasteiger partial charge in [-0.25, -0.2) is 4.79 Å². The van der Waals surface area contributed by atoms with Gasteiger partial charge in [-0.1, -0.05) is 26.0 Å². The Morgan fingerprint density at radius 1 is 1.04 bits per heavy atom. The lowest BCUT2D eigenvalue weighted by Gasteiger charge is -2.40. The second-order valence-electron chi connectivity index (χ2n) is 11.8. The van der Waals surface area contributed by atoms with E-state index < -0.39 is 64.6 Å². The highest BCUT2D eigenvalue weighted by Crippen LogP contribution is 2.27. The molecule has 3 N–H and O–H groups in total. The van der Waals surface area contributed by atoms with Gasteiger partial charge >= 0.3 is 5.63 Å². The number of carbonyl (C=O) groups is 6. The van der Waals surface area contributed by atoms with Crippen LogP contribution in [-0.2, 0) is 40.1 Å². The van der Waals surface area contributed by atoms with Gasteiger partial charge < -0.3 is 25.3 Å². The summed E-state index contributed by atoms with van der Waals surface area (Å²) in [6, 6.07) is 5.31. The van der Waals surface area contributed by atoms with E-state index in [9.17, 15) is 33.6 Å². The number of fused-ring (bicyclic) bond motifs is 1. The minimum absolute atomic E-state index is 0.0903. The van der Waals surface area contributed by atoms with Crippen molar-refractivity contribution in [3.05, 3.63) is 46.3 Å². The molecule has 2 aliphatic rings. The molecule has 45 heavy (non-hydrogen) atoms. The molecular formula is C31H39N5O9. The SMILES string of the molecule is CON1C(=O)CCC(=O)[C@]1(C)C(=O)N[C@@H](C)C(=O)N1CCC[C@H]1C(=O)N[C@H](C(=O)NCc1ccc2ccc(=O)oc2c1)C(C)C. The standard InChI is InChI=1S/C31H39N5O9/c1-17(2)26(28(41)32-16-19-8-9-20-10-13-25(39)45-22(20)15-19)34-27(40)21-7-6-14-35(21)29(42)18(3)33-30(43)31(4)23(37)11-12-24(38)36(31)44-5/h8-10,13,15,17-18,21,26H,6-7,11-12,14,16H2,1-5H3,(H,32,41)(H,33,43)(H,34,40)/t18-,21-,26-,31+/m0/s1. The van der Waals surface area contributed by atoms with E-state index in [4.69, 9.17) is 9.25 Å². The van der Waals surface area contributed by atoms with Crippen molar-refractivity contribution in [3.8, 4) is 0 Å². The van der Waals surface area contributed by atoms with Crippen molar-refractivity contribution in [2.24, 2.45) is 5.92 Å². The maximum Gasteiger partial charge on any atom is 0.336 e. The fourth-order valence-electron chi connectivity index (χ4n) is 5.68. The number of nitrogens with one attached hydrogen (secondary N) is 3. The number of carbonyl (C=O) groups excluding carboxylic acids is 6. The van der Waals surface area contributed by atoms with Crippen LogP contribution in [0.15, 0.2) is 39.5 Å². The number of hydroxylamine groups is 2. The largest absolute Gasteiger partial charge is 0.423 e. The van der Waals surface area contributed by atoms with Gasteiger partial charge in [0, 0.05) is 37.4 Å². The predicted molar refractivity (Wildman–Crippen MR) is 160 cm³/mol. The topological polar surface area (TPSA) is 184 Å². The highest BCUT2D eigenvalue weighted by molar-refractivity contribution is 6.15. The fraction of sp³-hybridized carbons (Fsp3) is 0.516. The van der Waals surface area contributed by atoms with E-state index >= 15 is 0 Å². The van der Waals surface area contributed by atoms with Gasteiger partial charge in [0.15, 0.2) is 5.78 Å².